The second kappa shape index (κ2) is 8.15. The fourth-order valence-electron chi connectivity index (χ4n) is 2.96. The molecule has 0 spiro atoms. The number of hydrogen-bond donors (Lipinski definition) is 1. The second-order valence-corrected chi connectivity index (χ2v) is 9.04. The number of benzene rings is 1. The largest absolute Gasteiger partial charge is 0.241 e. The molecule has 0 atom stereocenters. The summed E-state index contributed by atoms with van der Waals surface area (Å²) in [7, 11) is -3.48. The Balaban J connectivity index is 1.94. The molecule has 1 N–H and O–H groups in total. The maximum absolute atomic E-state index is 12.5. The highest BCUT2D eigenvalue weighted by molar-refractivity contribution is 7.89. The number of sulfonamides is 1. The van der Waals surface area contributed by atoms with Crippen molar-refractivity contribution in [2.75, 3.05) is 0 Å². The Morgan fingerprint density at radius 1 is 1.12 bits per heavy atom. The van der Waals surface area contributed by atoms with Crippen LogP contribution in [0.25, 0.3) is 0 Å². The van der Waals surface area contributed by atoms with Crippen molar-refractivity contribution in [2.24, 2.45) is 0 Å². The van der Waals surface area contributed by atoms with Crippen LogP contribution < -0.4 is 4.72 Å². The average molecular weight is 348 g/mol. The van der Waals surface area contributed by atoms with Gasteiger partial charge in [-0.3, -0.25) is 0 Å². The molecule has 1 aromatic carbocycles. The molecule has 0 saturated heterocycles. The number of nitrogens with one attached hydrogen (secondary N) is 1. The number of hydrogen-bond acceptors (Lipinski definition) is 2. The van der Waals surface area contributed by atoms with Crippen molar-refractivity contribution >= 4 is 10.0 Å². The van der Waals surface area contributed by atoms with Crippen LogP contribution in [0.4, 0.5) is 0 Å². The van der Waals surface area contributed by atoms with Crippen molar-refractivity contribution in [1.82, 2.24) is 4.72 Å². The molecule has 0 aromatic heterocycles. The summed E-state index contributed by atoms with van der Waals surface area (Å²) in [6.07, 6.45) is 9.86. The minimum absolute atomic E-state index is 0.320. The molecule has 1 saturated carbocycles. The van der Waals surface area contributed by atoms with E-state index in [0.29, 0.717) is 4.90 Å². The van der Waals surface area contributed by atoms with Gasteiger partial charge in [-0.2, -0.15) is 0 Å². The number of allylic oxidation sites excluding steroid dienone is 1. The zero-order valence-electron chi connectivity index (χ0n) is 15.1. The van der Waals surface area contributed by atoms with Crippen LogP contribution >= 0.6 is 0 Å². The molecule has 0 unspecified atom stereocenters. The molecule has 2 rings (SSSR count). The van der Waals surface area contributed by atoms with Gasteiger partial charge in [-0.25, -0.2) is 13.1 Å². The Morgan fingerprint density at radius 2 is 1.75 bits per heavy atom. The maximum atomic E-state index is 12.5. The molecule has 0 amide bonds. The Labute approximate surface area is 146 Å². The molecule has 3 nitrogen and oxygen atoms in total. The summed E-state index contributed by atoms with van der Waals surface area (Å²) >= 11 is 0. The lowest BCUT2D eigenvalue weighted by molar-refractivity contribution is 0.425. The molecular weight excluding hydrogens is 318 g/mol. The lowest BCUT2D eigenvalue weighted by Gasteiger charge is -2.25. The first-order chi connectivity index (χ1) is 11.3. The van der Waals surface area contributed by atoms with Crippen LogP contribution in [-0.2, 0) is 10.0 Å². The normalized spacial score (nSPS) is 15.9. The van der Waals surface area contributed by atoms with Crippen molar-refractivity contribution in [2.45, 2.75) is 76.2 Å². The molecular formula is C20H29NO2S. The summed E-state index contributed by atoms with van der Waals surface area (Å²) in [6, 6.07) is 6.95. The topological polar surface area (TPSA) is 46.2 Å². The minimum Gasteiger partial charge on any atom is -0.207 e. The standard InChI is InChI=1S/C20H29NO2S/c1-17-12-14-19(15-13-17)24(22,23)21-20(2,3)16-8-7-11-18-9-5-4-6-10-18/h7,12-15,21H,4-6,8-10,16H2,1-3H3. The van der Waals surface area contributed by atoms with E-state index < -0.39 is 15.6 Å². The third kappa shape index (κ3) is 5.94. The van der Waals surface area contributed by atoms with Gasteiger partial charge in [0.05, 0.1) is 4.90 Å². The highest BCUT2D eigenvalue weighted by Crippen LogP contribution is 2.22. The summed E-state index contributed by atoms with van der Waals surface area (Å²) in [4.78, 5) is 0.320. The van der Waals surface area contributed by atoms with Gasteiger partial charge < -0.3 is 0 Å². The van der Waals surface area contributed by atoms with E-state index in [0.717, 1.165) is 18.4 Å². The van der Waals surface area contributed by atoms with Crippen LogP contribution in [0.1, 0.15) is 64.4 Å². The van der Waals surface area contributed by atoms with Gasteiger partial charge in [-0.05, 0) is 83.1 Å². The Hall–Kier alpha value is -1.35. The summed E-state index contributed by atoms with van der Waals surface area (Å²) in [5, 5.41) is 0. The summed E-state index contributed by atoms with van der Waals surface area (Å²) < 4.78 is 27.8. The zero-order chi connectivity index (χ0) is 17.6. The zero-order valence-corrected chi connectivity index (χ0v) is 15.9. The van der Waals surface area contributed by atoms with Gasteiger partial charge in [0.1, 0.15) is 0 Å². The van der Waals surface area contributed by atoms with Gasteiger partial charge in [0.25, 0.3) is 0 Å². The predicted molar refractivity (Wildman–Crippen MR) is 99.5 cm³/mol. The van der Waals surface area contributed by atoms with E-state index in [9.17, 15) is 8.42 Å². The maximum Gasteiger partial charge on any atom is 0.241 e. The van der Waals surface area contributed by atoms with Gasteiger partial charge in [0.15, 0.2) is 0 Å². The van der Waals surface area contributed by atoms with Gasteiger partial charge in [-0.1, -0.05) is 24.1 Å². The smallest absolute Gasteiger partial charge is 0.207 e. The van der Waals surface area contributed by atoms with Crippen LogP contribution in [0, 0.1) is 6.92 Å². The van der Waals surface area contributed by atoms with E-state index in [-0.39, 0.29) is 0 Å². The first kappa shape index (κ1) is 19.0. The van der Waals surface area contributed by atoms with Crippen molar-refractivity contribution in [3.63, 3.8) is 0 Å². The van der Waals surface area contributed by atoms with Crippen molar-refractivity contribution in [3.05, 3.63) is 47.2 Å². The highest BCUT2D eigenvalue weighted by Gasteiger charge is 2.25. The monoisotopic (exact) mass is 347 g/mol. The molecule has 0 aliphatic heterocycles. The molecule has 1 aromatic rings. The lowest BCUT2D eigenvalue weighted by atomic mass is 9.95. The fourth-order valence-corrected chi connectivity index (χ4v) is 4.41. The van der Waals surface area contributed by atoms with Crippen LogP contribution in [0.15, 0.2) is 46.5 Å². The Morgan fingerprint density at radius 3 is 2.38 bits per heavy atom. The second-order valence-electron chi connectivity index (χ2n) is 7.35. The minimum atomic E-state index is -3.48. The quantitative estimate of drug-likeness (QED) is 0.746. The number of rotatable bonds is 6. The predicted octanol–water partition coefficient (Wildman–Crippen LogP) is 4.88. The summed E-state index contributed by atoms with van der Waals surface area (Å²) in [5.41, 5.74) is 5.39. The SMILES string of the molecule is Cc1ccc(S(=O)(=O)NC(C)(C)CCC=C=C2CCCCC2)cc1. The summed E-state index contributed by atoms with van der Waals surface area (Å²) in [6.45, 7) is 5.81. The van der Waals surface area contributed by atoms with Gasteiger partial charge >= 0.3 is 0 Å². The van der Waals surface area contributed by atoms with E-state index in [1.165, 1.54) is 37.7 Å². The first-order valence-electron chi connectivity index (χ1n) is 8.82. The summed E-state index contributed by atoms with van der Waals surface area (Å²) in [5.74, 6) is 0. The first-order valence-corrected chi connectivity index (χ1v) is 10.3. The van der Waals surface area contributed by atoms with Crippen molar-refractivity contribution in [3.8, 4) is 0 Å². The lowest BCUT2D eigenvalue weighted by Crippen LogP contribution is -2.43. The van der Waals surface area contributed by atoms with E-state index in [1.807, 2.05) is 32.9 Å². The van der Waals surface area contributed by atoms with Crippen LogP contribution in [0.2, 0.25) is 0 Å². The van der Waals surface area contributed by atoms with E-state index in [2.05, 4.69) is 16.5 Å². The van der Waals surface area contributed by atoms with Crippen LogP contribution in [0.5, 0.6) is 0 Å². The van der Waals surface area contributed by atoms with Gasteiger partial charge in [0, 0.05) is 5.54 Å². The van der Waals surface area contributed by atoms with Crippen LogP contribution in [-0.4, -0.2) is 14.0 Å². The molecule has 132 valence electrons. The molecule has 4 heteroatoms. The van der Waals surface area contributed by atoms with Gasteiger partial charge in [0.2, 0.25) is 10.0 Å². The molecule has 24 heavy (non-hydrogen) atoms. The highest BCUT2D eigenvalue weighted by atomic mass is 32.2. The third-order valence-electron chi connectivity index (χ3n) is 4.42. The average Bonchev–Trinajstić information content (AvgIpc) is 2.52. The fraction of sp³-hybridized carbons (Fsp3) is 0.550. The van der Waals surface area contributed by atoms with E-state index in [1.54, 1.807) is 12.1 Å². The number of aryl methyl sites for hydroxylation is 1. The molecule has 0 bridgehead atoms. The molecule has 0 radical (unpaired) electrons. The van der Waals surface area contributed by atoms with E-state index >= 15 is 0 Å². The third-order valence-corrected chi connectivity index (χ3v) is 6.13. The van der Waals surface area contributed by atoms with E-state index in [4.69, 9.17) is 0 Å². The molecule has 1 fully saturated rings. The van der Waals surface area contributed by atoms with Crippen molar-refractivity contribution < 1.29 is 8.42 Å². The van der Waals surface area contributed by atoms with Gasteiger partial charge in [-0.15, -0.1) is 5.73 Å². The molecule has 0 heterocycles. The Kier molecular flexibility index (Phi) is 6.45. The Bertz CT molecular complexity index is 701. The molecule has 1 aliphatic rings. The van der Waals surface area contributed by atoms with Crippen LogP contribution in [0.3, 0.4) is 0 Å². The van der Waals surface area contributed by atoms with Crippen molar-refractivity contribution in [1.29, 1.82) is 0 Å². The molecule has 1 aliphatic carbocycles.